The van der Waals surface area contributed by atoms with E-state index in [9.17, 15) is 12.8 Å². The quantitative estimate of drug-likeness (QED) is 0.876. The summed E-state index contributed by atoms with van der Waals surface area (Å²) < 4.78 is 39.6. The van der Waals surface area contributed by atoms with E-state index in [2.05, 4.69) is 4.98 Å². The van der Waals surface area contributed by atoms with Gasteiger partial charge in [-0.3, -0.25) is 4.98 Å². The van der Waals surface area contributed by atoms with E-state index in [1.54, 1.807) is 24.5 Å². The van der Waals surface area contributed by atoms with Gasteiger partial charge < -0.3 is 5.73 Å². The summed E-state index contributed by atoms with van der Waals surface area (Å²) >= 11 is 0. The summed E-state index contributed by atoms with van der Waals surface area (Å²) in [5, 5.41) is 0. The number of anilines is 1. The van der Waals surface area contributed by atoms with Gasteiger partial charge >= 0.3 is 0 Å². The summed E-state index contributed by atoms with van der Waals surface area (Å²) in [7, 11) is -2.29. The van der Waals surface area contributed by atoms with Crippen molar-refractivity contribution in [2.75, 3.05) is 12.8 Å². The lowest BCUT2D eigenvalue weighted by Crippen LogP contribution is -2.27. The molecule has 0 radical (unpaired) electrons. The molecule has 0 fully saturated rings. The number of nitrogens with zero attached hydrogens (tertiary/aromatic N) is 2. The highest BCUT2D eigenvalue weighted by molar-refractivity contribution is 7.89. The fourth-order valence-corrected chi connectivity index (χ4v) is 3.34. The lowest BCUT2D eigenvalue weighted by molar-refractivity contribution is 0.465. The number of aromatic nitrogens is 1. The average Bonchev–Trinajstić information content (AvgIpc) is 2.43. The van der Waals surface area contributed by atoms with Crippen molar-refractivity contribution in [3.05, 3.63) is 53.6 Å². The molecule has 1 heterocycles. The third-order valence-corrected chi connectivity index (χ3v) is 5.06. The highest BCUT2D eigenvalue weighted by Gasteiger charge is 2.24. The fraction of sp³-hybridized carbons (Fsp3) is 0.214. The van der Waals surface area contributed by atoms with Crippen LogP contribution in [0.3, 0.4) is 0 Å². The Morgan fingerprint density at radius 1 is 1.38 bits per heavy atom. The molecule has 0 spiro atoms. The van der Waals surface area contributed by atoms with E-state index in [-0.39, 0.29) is 17.1 Å². The van der Waals surface area contributed by atoms with Crippen molar-refractivity contribution in [2.45, 2.75) is 18.4 Å². The molecule has 0 saturated heterocycles. The first-order chi connectivity index (χ1) is 9.82. The summed E-state index contributed by atoms with van der Waals surface area (Å²) in [6.07, 6.45) is 3.21. The van der Waals surface area contributed by atoms with Crippen LogP contribution in [0.1, 0.15) is 11.1 Å². The number of pyridine rings is 1. The molecule has 1 aromatic carbocycles. The molecule has 2 aromatic rings. The van der Waals surface area contributed by atoms with Crippen molar-refractivity contribution in [1.29, 1.82) is 0 Å². The first-order valence-electron chi connectivity index (χ1n) is 6.23. The first kappa shape index (κ1) is 15.4. The predicted octanol–water partition coefficient (Wildman–Crippen LogP) is 1.93. The van der Waals surface area contributed by atoms with Gasteiger partial charge in [0.15, 0.2) is 0 Å². The number of hydrogen-bond acceptors (Lipinski definition) is 4. The second-order valence-corrected chi connectivity index (χ2v) is 6.77. The van der Waals surface area contributed by atoms with Gasteiger partial charge in [-0.15, -0.1) is 0 Å². The number of nitrogens with two attached hydrogens (primary N) is 1. The van der Waals surface area contributed by atoms with Crippen LogP contribution in [0.4, 0.5) is 10.1 Å². The van der Waals surface area contributed by atoms with Gasteiger partial charge in [0.1, 0.15) is 5.82 Å². The Hall–Kier alpha value is -1.99. The van der Waals surface area contributed by atoms with Gasteiger partial charge in [-0.1, -0.05) is 6.07 Å². The summed E-state index contributed by atoms with van der Waals surface area (Å²) in [4.78, 5) is 3.95. The normalized spacial score (nSPS) is 11.8. The van der Waals surface area contributed by atoms with Crippen LogP contribution in [0.15, 0.2) is 41.6 Å². The Morgan fingerprint density at radius 2 is 2.10 bits per heavy atom. The van der Waals surface area contributed by atoms with E-state index in [0.717, 1.165) is 17.7 Å². The smallest absolute Gasteiger partial charge is 0.243 e. The molecule has 0 aliphatic rings. The average molecular weight is 309 g/mol. The molecular weight excluding hydrogens is 293 g/mol. The van der Waals surface area contributed by atoms with Crippen molar-refractivity contribution < 1.29 is 12.8 Å². The van der Waals surface area contributed by atoms with E-state index in [1.807, 2.05) is 0 Å². The molecule has 0 aliphatic carbocycles. The van der Waals surface area contributed by atoms with E-state index in [4.69, 9.17) is 5.73 Å². The van der Waals surface area contributed by atoms with Crippen molar-refractivity contribution >= 4 is 15.7 Å². The summed E-state index contributed by atoms with van der Waals surface area (Å²) in [5.41, 5.74) is 6.36. The molecule has 5 nitrogen and oxygen atoms in total. The van der Waals surface area contributed by atoms with E-state index >= 15 is 0 Å². The Bertz CT molecular complexity index is 748. The van der Waals surface area contributed by atoms with E-state index in [1.165, 1.54) is 18.3 Å². The molecular formula is C14H16FN3O2S. The summed E-state index contributed by atoms with van der Waals surface area (Å²) in [6, 6.07) is 5.79. The minimum Gasteiger partial charge on any atom is -0.396 e. The van der Waals surface area contributed by atoms with Crippen molar-refractivity contribution in [3.8, 4) is 0 Å². The lowest BCUT2D eigenvalue weighted by atomic mass is 10.2. The minimum absolute atomic E-state index is 0.00721. The molecule has 2 N–H and O–H groups in total. The molecule has 2 rings (SSSR count). The molecule has 0 bridgehead atoms. The molecule has 1 aromatic heterocycles. The van der Waals surface area contributed by atoms with Gasteiger partial charge in [-0.25, -0.2) is 12.8 Å². The highest BCUT2D eigenvalue weighted by Crippen LogP contribution is 2.24. The van der Waals surface area contributed by atoms with Gasteiger partial charge in [-0.05, 0) is 36.2 Å². The predicted molar refractivity (Wildman–Crippen MR) is 78.4 cm³/mol. The van der Waals surface area contributed by atoms with Gasteiger partial charge in [0, 0.05) is 26.0 Å². The number of halogens is 1. The molecule has 0 saturated carbocycles. The molecule has 0 aliphatic heterocycles. The van der Waals surface area contributed by atoms with Gasteiger partial charge in [0.25, 0.3) is 0 Å². The van der Waals surface area contributed by atoms with Crippen LogP contribution in [0.2, 0.25) is 0 Å². The van der Waals surface area contributed by atoms with Crippen molar-refractivity contribution in [3.63, 3.8) is 0 Å². The second kappa shape index (κ2) is 5.79. The van der Waals surface area contributed by atoms with Gasteiger partial charge in [-0.2, -0.15) is 4.31 Å². The summed E-state index contributed by atoms with van der Waals surface area (Å²) in [6.45, 7) is 1.71. The van der Waals surface area contributed by atoms with Crippen molar-refractivity contribution in [2.24, 2.45) is 0 Å². The Labute approximate surface area is 123 Å². The second-order valence-electron chi connectivity index (χ2n) is 4.76. The SMILES string of the molecule is Cc1cc(F)c(N)cc1S(=O)(=O)N(C)Cc1cccnc1. The van der Waals surface area contributed by atoms with Crippen LogP contribution >= 0.6 is 0 Å². The maximum absolute atomic E-state index is 13.4. The third-order valence-electron chi connectivity index (χ3n) is 3.11. The molecule has 7 heteroatoms. The topological polar surface area (TPSA) is 76.3 Å². The monoisotopic (exact) mass is 309 g/mol. The number of nitrogen functional groups attached to an aromatic ring is 1. The van der Waals surface area contributed by atoms with Crippen LogP contribution < -0.4 is 5.73 Å². The van der Waals surface area contributed by atoms with Crippen LogP contribution in [0.5, 0.6) is 0 Å². The van der Waals surface area contributed by atoms with E-state index in [0.29, 0.717) is 5.56 Å². The van der Waals surface area contributed by atoms with Gasteiger partial charge in [0.05, 0.1) is 10.6 Å². The first-order valence-corrected chi connectivity index (χ1v) is 7.67. The molecule has 21 heavy (non-hydrogen) atoms. The van der Waals surface area contributed by atoms with Crippen molar-refractivity contribution in [1.82, 2.24) is 9.29 Å². The zero-order valence-electron chi connectivity index (χ0n) is 11.7. The van der Waals surface area contributed by atoms with Crippen LogP contribution in [-0.4, -0.2) is 24.8 Å². The standard InChI is InChI=1S/C14H16FN3O2S/c1-10-6-12(15)13(16)7-14(10)21(19,20)18(2)9-11-4-3-5-17-8-11/h3-8H,9,16H2,1-2H3. The molecule has 0 atom stereocenters. The fourth-order valence-electron chi connectivity index (χ4n) is 1.95. The minimum atomic E-state index is -3.75. The zero-order valence-corrected chi connectivity index (χ0v) is 12.6. The Balaban J connectivity index is 2.36. The molecule has 0 unspecified atom stereocenters. The van der Waals surface area contributed by atoms with Crippen LogP contribution in [-0.2, 0) is 16.6 Å². The Kier molecular flexibility index (Phi) is 4.24. The Morgan fingerprint density at radius 3 is 2.71 bits per heavy atom. The number of benzene rings is 1. The van der Waals surface area contributed by atoms with Crippen LogP contribution in [0.25, 0.3) is 0 Å². The molecule has 112 valence electrons. The van der Waals surface area contributed by atoms with Crippen LogP contribution in [0, 0.1) is 12.7 Å². The number of hydrogen-bond donors (Lipinski definition) is 1. The zero-order chi connectivity index (χ0) is 15.6. The van der Waals surface area contributed by atoms with Gasteiger partial charge in [0.2, 0.25) is 10.0 Å². The lowest BCUT2D eigenvalue weighted by Gasteiger charge is -2.19. The molecule has 0 amide bonds. The van der Waals surface area contributed by atoms with E-state index < -0.39 is 15.8 Å². The largest absolute Gasteiger partial charge is 0.396 e. The number of rotatable bonds is 4. The number of sulfonamides is 1. The maximum atomic E-state index is 13.4. The highest BCUT2D eigenvalue weighted by atomic mass is 32.2. The third kappa shape index (κ3) is 3.20. The summed E-state index contributed by atoms with van der Waals surface area (Å²) in [5.74, 6) is -0.624. The number of aryl methyl sites for hydroxylation is 1. The maximum Gasteiger partial charge on any atom is 0.243 e.